The fourth-order valence-corrected chi connectivity index (χ4v) is 3.05. The van der Waals surface area contributed by atoms with Crippen molar-refractivity contribution >= 4 is 11.6 Å². The molecule has 2 unspecified atom stereocenters. The summed E-state index contributed by atoms with van der Waals surface area (Å²) in [6.07, 6.45) is 3.59. The van der Waals surface area contributed by atoms with Gasteiger partial charge in [-0.15, -0.1) is 0 Å². The Balaban J connectivity index is 1.71. The zero-order valence-corrected chi connectivity index (χ0v) is 10.8. The molecular formula is C15H20N2O. The number of carbonyl (C=O) groups is 1. The van der Waals surface area contributed by atoms with Crippen LogP contribution in [0.1, 0.15) is 24.5 Å². The Kier molecular flexibility index (Phi) is 3.08. The molecule has 1 amide bonds. The maximum Gasteiger partial charge on any atom is 0.229 e. The van der Waals surface area contributed by atoms with Gasteiger partial charge in [-0.2, -0.15) is 0 Å². The molecule has 18 heavy (non-hydrogen) atoms. The Hall–Kier alpha value is -1.35. The van der Waals surface area contributed by atoms with E-state index in [1.807, 2.05) is 6.07 Å². The molecule has 1 saturated heterocycles. The minimum Gasteiger partial charge on any atom is -0.326 e. The third kappa shape index (κ3) is 2.15. The van der Waals surface area contributed by atoms with Gasteiger partial charge in [-0.25, -0.2) is 0 Å². The summed E-state index contributed by atoms with van der Waals surface area (Å²) in [5, 5.41) is 6.33. The van der Waals surface area contributed by atoms with Crippen LogP contribution in [0.25, 0.3) is 0 Å². The summed E-state index contributed by atoms with van der Waals surface area (Å²) in [5.74, 6) is 0.697. The minimum absolute atomic E-state index is 0.109. The lowest BCUT2D eigenvalue weighted by molar-refractivity contribution is -0.120. The van der Waals surface area contributed by atoms with Gasteiger partial charge >= 0.3 is 0 Å². The predicted octanol–water partition coefficient (Wildman–Crippen LogP) is 1.97. The smallest absolute Gasteiger partial charge is 0.229 e. The first-order valence-corrected chi connectivity index (χ1v) is 6.87. The summed E-state index contributed by atoms with van der Waals surface area (Å²) in [6, 6.07) is 6.34. The van der Waals surface area contributed by atoms with Crippen molar-refractivity contribution in [3.05, 3.63) is 29.3 Å². The lowest BCUT2D eigenvalue weighted by Crippen LogP contribution is -2.27. The number of nitrogens with one attached hydrogen (secondary N) is 2. The predicted molar refractivity (Wildman–Crippen MR) is 72.6 cm³/mol. The first-order valence-electron chi connectivity index (χ1n) is 6.87. The van der Waals surface area contributed by atoms with Crippen molar-refractivity contribution in [3.63, 3.8) is 0 Å². The van der Waals surface area contributed by atoms with E-state index in [0.29, 0.717) is 5.92 Å². The molecule has 1 aromatic rings. The normalized spacial score (nSPS) is 26.1. The minimum atomic E-state index is 0.109. The molecule has 2 aliphatic rings. The number of hydrogen-bond acceptors (Lipinski definition) is 2. The van der Waals surface area contributed by atoms with Crippen LogP contribution in [-0.2, 0) is 17.6 Å². The van der Waals surface area contributed by atoms with Crippen LogP contribution in [0, 0.1) is 11.8 Å². The molecule has 0 bridgehead atoms. The second-order valence-electron chi connectivity index (χ2n) is 5.57. The average Bonchev–Trinajstić information content (AvgIpc) is 2.96. The quantitative estimate of drug-likeness (QED) is 0.835. The molecule has 2 N–H and O–H groups in total. The Morgan fingerprint density at radius 2 is 2.11 bits per heavy atom. The highest BCUT2D eigenvalue weighted by Crippen LogP contribution is 2.26. The topological polar surface area (TPSA) is 41.1 Å². The van der Waals surface area contributed by atoms with Gasteiger partial charge in [0.25, 0.3) is 0 Å². The summed E-state index contributed by atoms with van der Waals surface area (Å²) in [7, 11) is 0. The lowest BCUT2D eigenvalue weighted by Gasteiger charge is -2.14. The molecular weight excluding hydrogens is 224 g/mol. The molecule has 2 atom stereocenters. The summed E-state index contributed by atoms with van der Waals surface area (Å²) < 4.78 is 0. The Labute approximate surface area is 108 Å². The second-order valence-corrected chi connectivity index (χ2v) is 5.57. The Morgan fingerprint density at radius 3 is 2.89 bits per heavy atom. The number of aryl methyl sites for hydroxylation is 2. The highest BCUT2D eigenvalue weighted by molar-refractivity contribution is 5.93. The van der Waals surface area contributed by atoms with Gasteiger partial charge in [0.1, 0.15) is 0 Å². The zero-order valence-electron chi connectivity index (χ0n) is 10.8. The first kappa shape index (κ1) is 11.7. The molecule has 3 rings (SSSR count). The molecule has 3 heteroatoms. The Morgan fingerprint density at radius 1 is 1.28 bits per heavy atom. The SMILES string of the molecule is CC1CNCC1C(=O)Nc1ccc2c(c1)CCC2. The van der Waals surface area contributed by atoms with Crippen LogP contribution in [0.5, 0.6) is 0 Å². The highest BCUT2D eigenvalue weighted by Gasteiger charge is 2.29. The molecule has 3 nitrogen and oxygen atoms in total. The van der Waals surface area contributed by atoms with Crippen LogP contribution in [0.15, 0.2) is 18.2 Å². The van der Waals surface area contributed by atoms with E-state index >= 15 is 0 Å². The number of carbonyl (C=O) groups excluding carboxylic acids is 1. The standard InChI is InChI=1S/C15H20N2O/c1-10-8-16-9-14(10)15(18)17-13-6-5-11-3-2-4-12(11)7-13/h5-7,10,14,16H,2-4,8-9H2,1H3,(H,17,18). The molecule has 1 fully saturated rings. The van der Waals surface area contributed by atoms with E-state index in [1.165, 1.54) is 24.0 Å². The summed E-state index contributed by atoms with van der Waals surface area (Å²) in [4.78, 5) is 12.2. The van der Waals surface area contributed by atoms with Crippen molar-refractivity contribution in [3.8, 4) is 0 Å². The summed E-state index contributed by atoms with van der Waals surface area (Å²) in [5.41, 5.74) is 3.81. The molecule has 1 aliphatic heterocycles. The molecule has 0 aromatic heterocycles. The van der Waals surface area contributed by atoms with E-state index in [1.54, 1.807) is 0 Å². The van der Waals surface area contributed by atoms with E-state index in [2.05, 4.69) is 29.7 Å². The van der Waals surface area contributed by atoms with Crippen LogP contribution >= 0.6 is 0 Å². The van der Waals surface area contributed by atoms with E-state index in [-0.39, 0.29) is 11.8 Å². The molecule has 0 radical (unpaired) electrons. The van der Waals surface area contributed by atoms with Crippen molar-refractivity contribution in [1.82, 2.24) is 5.32 Å². The fraction of sp³-hybridized carbons (Fsp3) is 0.533. The van der Waals surface area contributed by atoms with Crippen molar-refractivity contribution in [2.24, 2.45) is 11.8 Å². The fourth-order valence-electron chi connectivity index (χ4n) is 3.05. The zero-order chi connectivity index (χ0) is 12.5. The average molecular weight is 244 g/mol. The molecule has 0 spiro atoms. The third-order valence-electron chi connectivity index (χ3n) is 4.22. The van der Waals surface area contributed by atoms with E-state index < -0.39 is 0 Å². The van der Waals surface area contributed by atoms with E-state index in [4.69, 9.17) is 0 Å². The summed E-state index contributed by atoms with van der Waals surface area (Å²) >= 11 is 0. The van der Waals surface area contributed by atoms with Crippen molar-refractivity contribution in [2.45, 2.75) is 26.2 Å². The number of hydrogen-bond donors (Lipinski definition) is 2. The van der Waals surface area contributed by atoms with Gasteiger partial charge in [0, 0.05) is 12.2 Å². The van der Waals surface area contributed by atoms with Crippen molar-refractivity contribution in [1.29, 1.82) is 0 Å². The van der Waals surface area contributed by atoms with Crippen LogP contribution < -0.4 is 10.6 Å². The van der Waals surface area contributed by atoms with Crippen molar-refractivity contribution in [2.75, 3.05) is 18.4 Å². The number of benzene rings is 1. The number of fused-ring (bicyclic) bond motifs is 1. The van der Waals surface area contributed by atoms with Gasteiger partial charge in [-0.05, 0) is 55.0 Å². The Bertz CT molecular complexity index is 470. The van der Waals surface area contributed by atoms with Gasteiger partial charge in [-0.3, -0.25) is 4.79 Å². The highest BCUT2D eigenvalue weighted by atomic mass is 16.1. The summed E-state index contributed by atoms with van der Waals surface area (Å²) in [6.45, 7) is 3.88. The molecule has 1 aliphatic carbocycles. The van der Waals surface area contributed by atoms with E-state index in [9.17, 15) is 4.79 Å². The molecule has 1 heterocycles. The monoisotopic (exact) mass is 244 g/mol. The number of anilines is 1. The number of rotatable bonds is 2. The van der Waals surface area contributed by atoms with Crippen LogP contribution in [0.3, 0.4) is 0 Å². The molecule has 1 aromatic carbocycles. The van der Waals surface area contributed by atoms with Crippen LogP contribution in [-0.4, -0.2) is 19.0 Å². The van der Waals surface area contributed by atoms with Crippen LogP contribution in [0.2, 0.25) is 0 Å². The van der Waals surface area contributed by atoms with E-state index in [0.717, 1.165) is 25.2 Å². The van der Waals surface area contributed by atoms with Gasteiger partial charge in [-0.1, -0.05) is 13.0 Å². The third-order valence-corrected chi connectivity index (χ3v) is 4.22. The number of amides is 1. The van der Waals surface area contributed by atoms with Gasteiger partial charge < -0.3 is 10.6 Å². The van der Waals surface area contributed by atoms with Crippen molar-refractivity contribution < 1.29 is 4.79 Å². The maximum absolute atomic E-state index is 12.2. The second kappa shape index (κ2) is 4.73. The van der Waals surface area contributed by atoms with Gasteiger partial charge in [0.15, 0.2) is 0 Å². The molecule has 0 saturated carbocycles. The van der Waals surface area contributed by atoms with Gasteiger partial charge in [0.2, 0.25) is 5.91 Å². The largest absolute Gasteiger partial charge is 0.326 e. The lowest BCUT2D eigenvalue weighted by atomic mass is 9.97. The van der Waals surface area contributed by atoms with Gasteiger partial charge in [0.05, 0.1) is 5.92 Å². The maximum atomic E-state index is 12.2. The first-order chi connectivity index (χ1) is 8.74. The van der Waals surface area contributed by atoms with Crippen LogP contribution in [0.4, 0.5) is 5.69 Å². The molecule has 96 valence electrons.